The van der Waals surface area contributed by atoms with Gasteiger partial charge in [0.15, 0.2) is 5.76 Å². The molecule has 4 rings (SSSR count). The molecular formula is C22H19N3O3S. The minimum atomic E-state index is -0.290. The molecule has 0 bridgehead atoms. The van der Waals surface area contributed by atoms with Crippen molar-refractivity contribution < 1.29 is 9.21 Å². The van der Waals surface area contributed by atoms with Gasteiger partial charge < -0.3 is 9.40 Å². The van der Waals surface area contributed by atoms with Gasteiger partial charge in [0.2, 0.25) is 5.78 Å². The first kappa shape index (κ1) is 18.9. The maximum absolute atomic E-state index is 12.4. The van der Waals surface area contributed by atoms with Crippen LogP contribution in [0, 0.1) is 13.8 Å². The number of nitrogens with zero attached hydrogens (tertiary/aromatic N) is 2. The first-order chi connectivity index (χ1) is 14.0. The van der Waals surface area contributed by atoms with Crippen molar-refractivity contribution in [1.29, 1.82) is 0 Å². The molecule has 0 radical (unpaired) electrons. The van der Waals surface area contributed by atoms with Gasteiger partial charge in [-0.05, 0) is 37.6 Å². The third-order valence-corrected chi connectivity index (χ3v) is 5.56. The highest BCUT2D eigenvalue weighted by atomic mass is 32.1. The van der Waals surface area contributed by atoms with Gasteiger partial charge in [0.1, 0.15) is 0 Å². The summed E-state index contributed by atoms with van der Waals surface area (Å²) < 4.78 is 8.04. The number of rotatable bonds is 5. The molecule has 6 nitrogen and oxygen atoms in total. The van der Waals surface area contributed by atoms with E-state index in [2.05, 4.69) is 22.2 Å². The molecule has 7 heteroatoms. The number of aryl methyl sites for hydroxylation is 1. The molecule has 0 saturated heterocycles. The van der Waals surface area contributed by atoms with Crippen LogP contribution in [0.1, 0.15) is 33.1 Å². The molecule has 3 heterocycles. The molecule has 0 atom stereocenters. The van der Waals surface area contributed by atoms with E-state index in [1.165, 1.54) is 23.7 Å². The quantitative estimate of drug-likeness (QED) is 0.517. The Labute approximate surface area is 170 Å². The zero-order valence-corrected chi connectivity index (χ0v) is 16.8. The number of hydrogen-bond donors (Lipinski definition) is 1. The average Bonchev–Trinajstić information content (AvgIpc) is 3.41. The summed E-state index contributed by atoms with van der Waals surface area (Å²) in [5.74, 6) is -0.0549. The smallest absolute Gasteiger partial charge is 0.266 e. The number of carbonyl (C=O) groups excluding carboxylic acids is 1. The van der Waals surface area contributed by atoms with E-state index >= 15 is 0 Å². The van der Waals surface area contributed by atoms with E-state index in [0.717, 1.165) is 22.5 Å². The summed E-state index contributed by atoms with van der Waals surface area (Å²) in [6.45, 7) is 4.58. The lowest BCUT2D eigenvalue weighted by atomic mass is 10.2. The molecule has 29 heavy (non-hydrogen) atoms. The standard InChI is InChI=1S/C22H19N3O3S/c1-14-17(15(2)25(24-14)13-16-7-4-3-5-8-16)11-20-22(27)23-21(29-20)12-18(26)19-9-6-10-28-19/h3-12H,13H2,1-2H3,(H,23,27)/b20-11-,21-12-. The Hall–Kier alpha value is -3.45. The molecule has 0 unspecified atom stereocenters. The number of furan rings is 1. The molecule has 0 aliphatic heterocycles. The molecule has 0 saturated carbocycles. The molecule has 0 amide bonds. The number of thiazole rings is 1. The van der Waals surface area contributed by atoms with Crippen LogP contribution >= 0.6 is 11.3 Å². The van der Waals surface area contributed by atoms with Gasteiger partial charge >= 0.3 is 0 Å². The van der Waals surface area contributed by atoms with Crippen LogP contribution < -0.4 is 14.8 Å². The number of ketones is 1. The summed E-state index contributed by atoms with van der Waals surface area (Å²) >= 11 is 1.23. The number of Topliss-reactive ketones (excluding diaryl/α,β-unsaturated/α-hetero) is 1. The lowest BCUT2D eigenvalue weighted by molar-refractivity contribution is 0.103. The second-order valence-electron chi connectivity index (χ2n) is 6.64. The Bertz CT molecular complexity index is 1330. The van der Waals surface area contributed by atoms with Crippen LogP contribution in [-0.4, -0.2) is 20.5 Å². The van der Waals surface area contributed by atoms with Crippen LogP contribution in [0.4, 0.5) is 0 Å². The van der Waals surface area contributed by atoms with Crippen molar-refractivity contribution >= 4 is 29.3 Å². The molecule has 3 aromatic heterocycles. The minimum absolute atomic E-state index is 0.233. The molecule has 4 aromatic rings. The van der Waals surface area contributed by atoms with Gasteiger partial charge in [-0.3, -0.25) is 14.3 Å². The number of benzene rings is 1. The van der Waals surface area contributed by atoms with Crippen molar-refractivity contribution in [2.75, 3.05) is 0 Å². The Kier molecular flexibility index (Phi) is 5.14. The van der Waals surface area contributed by atoms with Crippen LogP contribution in [0.5, 0.6) is 0 Å². The normalized spacial score (nSPS) is 12.6. The van der Waals surface area contributed by atoms with E-state index in [-0.39, 0.29) is 17.1 Å². The fraction of sp³-hybridized carbons (Fsp3) is 0.136. The highest BCUT2D eigenvalue weighted by Gasteiger charge is 2.11. The van der Waals surface area contributed by atoms with Gasteiger partial charge in [-0.2, -0.15) is 5.10 Å². The van der Waals surface area contributed by atoms with Crippen molar-refractivity contribution in [2.24, 2.45) is 0 Å². The minimum Gasteiger partial charge on any atom is -0.461 e. The molecule has 1 N–H and O–H groups in total. The number of carbonyl (C=O) groups is 1. The van der Waals surface area contributed by atoms with Crippen LogP contribution in [0.15, 0.2) is 57.9 Å². The summed E-state index contributed by atoms with van der Waals surface area (Å²) in [4.78, 5) is 27.3. The zero-order valence-electron chi connectivity index (χ0n) is 16.0. The van der Waals surface area contributed by atoms with Gasteiger partial charge in [-0.15, -0.1) is 11.3 Å². The van der Waals surface area contributed by atoms with Crippen molar-refractivity contribution in [3.05, 3.63) is 96.6 Å². The van der Waals surface area contributed by atoms with E-state index in [9.17, 15) is 9.59 Å². The first-order valence-corrected chi connectivity index (χ1v) is 9.91. The number of aromatic amines is 1. The van der Waals surface area contributed by atoms with Crippen LogP contribution in [-0.2, 0) is 6.54 Å². The van der Waals surface area contributed by atoms with Crippen LogP contribution in [0.2, 0.25) is 0 Å². The Balaban J connectivity index is 1.69. The highest BCUT2D eigenvalue weighted by molar-refractivity contribution is 7.07. The summed E-state index contributed by atoms with van der Waals surface area (Å²) in [5.41, 5.74) is 3.67. The summed E-state index contributed by atoms with van der Waals surface area (Å²) in [6.07, 6.45) is 4.65. The maximum atomic E-state index is 12.4. The lowest BCUT2D eigenvalue weighted by Gasteiger charge is -2.04. The van der Waals surface area contributed by atoms with E-state index in [1.807, 2.05) is 42.8 Å². The van der Waals surface area contributed by atoms with E-state index in [1.54, 1.807) is 12.1 Å². The van der Waals surface area contributed by atoms with Gasteiger partial charge in [-0.1, -0.05) is 30.3 Å². The van der Waals surface area contributed by atoms with Crippen LogP contribution in [0.3, 0.4) is 0 Å². The van der Waals surface area contributed by atoms with E-state index < -0.39 is 0 Å². The van der Waals surface area contributed by atoms with Crippen molar-refractivity contribution in [2.45, 2.75) is 20.4 Å². The molecular weight excluding hydrogens is 386 g/mol. The monoisotopic (exact) mass is 405 g/mol. The number of H-pyrrole nitrogens is 1. The molecule has 0 aliphatic rings. The maximum Gasteiger partial charge on any atom is 0.266 e. The number of nitrogens with one attached hydrogen (secondary N) is 1. The predicted octanol–water partition coefficient (Wildman–Crippen LogP) is 2.38. The van der Waals surface area contributed by atoms with E-state index in [0.29, 0.717) is 15.7 Å². The second kappa shape index (κ2) is 7.89. The SMILES string of the molecule is Cc1nn(Cc2ccccc2)c(C)c1/C=c1\s/c(=C\C(=O)c2ccco2)[nH]c1=O. The second-order valence-corrected chi connectivity index (χ2v) is 7.73. The predicted molar refractivity (Wildman–Crippen MR) is 113 cm³/mol. The zero-order chi connectivity index (χ0) is 20.4. The largest absolute Gasteiger partial charge is 0.461 e. The summed E-state index contributed by atoms with van der Waals surface area (Å²) in [6, 6.07) is 13.3. The lowest BCUT2D eigenvalue weighted by Crippen LogP contribution is -2.20. The average molecular weight is 405 g/mol. The fourth-order valence-corrected chi connectivity index (χ4v) is 3.96. The first-order valence-electron chi connectivity index (χ1n) is 9.09. The van der Waals surface area contributed by atoms with Gasteiger partial charge in [0, 0.05) is 17.3 Å². The van der Waals surface area contributed by atoms with Crippen molar-refractivity contribution in [3.63, 3.8) is 0 Å². The van der Waals surface area contributed by atoms with Crippen molar-refractivity contribution in [1.82, 2.24) is 14.8 Å². The third-order valence-electron chi connectivity index (χ3n) is 4.59. The van der Waals surface area contributed by atoms with E-state index in [4.69, 9.17) is 4.42 Å². The topological polar surface area (TPSA) is 80.9 Å². The van der Waals surface area contributed by atoms with Crippen LogP contribution in [0.25, 0.3) is 12.2 Å². The van der Waals surface area contributed by atoms with Gasteiger partial charge in [0.05, 0.1) is 27.7 Å². The Morgan fingerprint density at radius 1 is 1.21 bits per heavy atom. The fourth-order valence-electron chi connectivity index (χ4n) is 3.09. The molecule has 0 aliphatic carbocycles. The molecule has 1 aromatic carbocycles. The number of aromatic nitrogens is 3. The molecule has 146 valence electrons. The number of hydrogen-bond acceptors (Lipinski definition) is 5. The molecule has 0 fully saturated rings. The summed E-state index contributed by atoms with van der Waals surface area (Å²) in [7, 11) is 0. The third kappa shape index (κ3) is 4.05. The Morgan fingerprint density at radius 2 is 2.00 bits per heavy atom. The van der Waals surface area contributed by atoms with Gasteiger partial charge in [-0.25, -0.2) is 0 Å². The summed E-state index contributed by atoms with van der Waals surface area (Å²) in [5, 5.41) is 4.62. The highest BCUT2D eigenvalue weighted by Crippen LogP contribution is 2.15. The Morgan fingerprint density at radius 3 is 2.72 bits per heavy atom. The van der Waals surface area contributed by atoms with Crippen molar-refractivity contribution in [3.8, 4) is 0 Å². The molecule has 0 spiro atoms. The van der Waals surface area contributed by atoms with Gasteiger partial charge in [0.25, 0.3) is 5.56 Å².